The Morgan fingerprint density at radius 3 is 2.00 bits per heavy atom. The second kappa shape index (κ2) is 3.07. The molecule has 0 saturated carbocycles. The minimum absolute atomic E-state index is 0.807. The Hall–Kier alpha value is -0.230. The highest BCUT2D eigenvalue weighted by atomic mass is 32.2. The molecule has 6 heteroatoms. The van der Waals surface area contributed by atoms with Gasteiger partial charge in [0.25, 0.3) is 10.1 Å². The maximum Gasteiger partial charge on any atom is 0.265 e. The van der Waals surface area contributed by atoms with Crippen molar-refractivity contribution in [1.82, 2.24) is 0 Å². The summed E-state index contributed by atoms with van der Waals surface area (Å²) in [6, 6.07) is 0. The van der Waals surface area contributed by atoms with Crippen LogP contribution in [0.25, 0.3) is 0 Å². The van der Waals surface area contributed by atoms with E-state index in [2.05, 4.69) is 0 Å². The van der Waals surface area contributed by atoms with Gasteiger partial charge in [-0.05, 0) is 0 Å². The second-order valence-electron chi connectivity index (χ2n) is 1.47. The molecule has 0 bridgehead atoms. The topological polar surface area (TPSA) is 54.4 Å². The van der Waals surface area contributed by atoms with E-state index in [1.165, 1.54) is 0 Å². The highest BCUT2D eigenvalue weighted by molar-refractivity contribution is 7.85. The predicted molar refractivity (Wildman–Crippen MR) is 27.0 cm³/mol. The normalized spacial score (nSPS) is 12.4. The standard InChI is InChI=1S/C3H6F2O3S/c4-3(5)1-2-9(6,7)8/h3H,1-2H2,(H,6,7,8). The molecule has 0 aliphatic heterocycles. The molecule has 0 amide bonds. The largest absolute Gasteiger partial charge is 0.286 e. The van der Waals surface area contributed by atoms with Crippen LogP contribution in [-0.4, -0.2) is 25.1 Å². The Balaban J connectivity index is 3.53. The Morgan fingerprint density at radius 2 is 1.89 bits per heavy atom. The van der Waals surface area contributed by atoms with Gasteiger partial charge in [-0.1, -0.05) is 0 Å². The summed E-state index contributed by atoms with van der Waals surface area (Å²) in [5.74, 6) is -0.870. The molecular weight excluding hydrogens is 154 g/mol. The zero-order valence-corrected chi connectivity index (χ0v) is 5.24. The average molecular weight is 160 g/mol. The van der Waals surface area contributed by atoms with Crippen LogP contribution in [0.2, 0.25) is 0 Å². The molecule has 1 N–H and O–H groups in total. The van der Waals surface area contributed by atoms with Gasteiger partial charge >= 0.3 is 0 Å². The van der Waals surface area contributed by atoms with E-state index in [4.69, 9.17) is 4.55 Å². The molecule has 0 spiro atoms. The molecule has 0 radical (unpaired) electrons. The van der Waals surface area contributed by atoms with Crippen molar-refractivity contribution < 1.29 is 21.8 Å². The molecule has 9 heavy (non-hydrogen) atoms. The van der Waals surface area contributed by atoms with Crippen LogP contribution in [0.3, 0.4) is 0 Å². The van der Waals surface area contributed by atoms with Crippen molar-refractivity contribution in [3.05, 3.63) is 0 Å². The van der Waals surface area contributed by atoms with Crippen LogP contribution in [0, 0.1) is 0 Å². The van der Waals surface area contributed by atoms with Crippen LogP contribution < -0.4 is 0 Å². The van der Waals surface area contributed by atoms with E-state index in [9.17, 15) is 17.2 Å². The van der Waals surface area contributed by atoms with E-state index in [1.807, 2.05) is 0 Å². The molecule has 0 aromatic carbocycles. The minimum Gasteiger partial charge on any atom is -0.286 e. The number of hydrogen-bond donors (Lipinski definition) is 1. The van der Waals surface area contributed by atoms with Crippen LogP contribution in [-0.2, 0) is 10.1 Å². The minimum atomic E-state index is -4.20. The van der Waals surface area contributed by atoms with Crippen LogP contribution in [0.15, 0.2) is 0 Å². The van der Waals surface area contributed by atoms with Crippen molar-refractivity contribution in [2.45, 2.75) is 12.8 Å². The molecular formula is C3H6F2O3S. The van der Waals surface area contributed by atoms with Crippen LogP contribution in [0.4, 0.5) is 8.78 Å². The molecule has 0 aliphatic carbocycles. The first-order valence-electron chi connectivity index (χ1n) is 2.15. The quantitative estimate of drug-likeness (QED) is 0.612. The first kappa shape index (κ1) is 8.77. The predicted octanol–water partition coefficient (Wildman–Crippen LogP) is 0.529. The molecule has 0 aliphatic rings. The van der Waals surface area contributed by atoms with Gasteiger partial charge in [-0.25, -0.2) is 8.78 Å². The van der Waals surface area contributed by atoms with E-state index in [0.29, 0.717) is 0 Å². The summed E-state index contributed by atoms with van der Waals surface area (Å²) in [7, 11) is -4.20. The van der Waals surface area contributed by atoms with Crippen molar-refractivity contribution in [3.8, 4) is 0 Å². The first-order valence-corrected chi connectivity index (χ1v) is 3.76. The van der Waals surface area contributed by atoms with Crippen LogP contribution in [0.1, 0.15) is 6.42 Å². The van der Waals surface area contributed by atoms with Crippen molar-refractivity contribution in [1.29, 1.82) is 0 Å². The lowest BCUT2D eigenvalue weighted by Crippen LogP contribution is -2.07. The highest BCUT2D eigenvalue weighted by Crippen LogP contribution is 2.00. The summed E-state index contributed by atoms with van der Waals surface area (Å²) in [5, 5.41) is 0. The fourth-order valence-electron chi connectivity index (χ4n) is 0.238. The molecule has 0 saturated heterocycles. The second-order valence-corrected chi connectivity index (χ2v) is 3.04. The lowest BCUT2D eigenvalue weighted by Gasteiger charge is -1.93. The van der Waals surface area contributed by atoms with Crippen molar-refractivity contribution >= 4 is 10.1 Å². The molecule has 0 aromatic rings. The molecule has 0 atom stereocenters. The maximum absolute atomic E-state index is 11.2. The third kappa shape index (κ3) is 7.77. The Kier molecular flexibility index (Phi) is 2.99. The summed E-state index contributed by atoms with van der Waals surface area (Å²) in [6.07, 6.45) is -3.48. The monoisotopic (exact) mass is 160 g/mol. The Morgan fingerprint density at radius 1 is 1.44 bits per heavy atom. The van der Waals surface area contributed by atoms with Gasteiger partial charge in [0.1, 0.15) is 0 Å². The fraction of sp³-hybridized carbons (Fsp3) is 1.00. The average Bonchev–Trinajstić information content (AvgIpc) is 1.59. The number of rotatable bonds is 3. The summed E-state index contributed by atoms with van der Waals surface area (Å²) in [5.41, 5.74) is 0. The van der Waals surface area contributed by atoms with Crippen molar-refractivity contribution in [2.24, 2.45) is 0 Å². The van der Waals surface area contributed by atoms with Crippen molar-refractivity contribution in [2.75, 3.05) is 5.75 Å². The third-order valence-corrected chi connectivity index (χ3v) is 1.35. The SMILES string of the molecule is O=S(=O)(O)CCC(F)F. The molecule has 56 valence electrons. The summed E-state index contributed by atoms with van der Waals surface area (Å²) in [4.78, 5) is 0. The Labute approximate surface area is 51.4 Å². The zero-order chi connectivity index (χ0) is 7.49. The fourth-order valence-corrected chi connectivity index (χ4v) is 0.714. The van der Waals surface area contributed by atoms with Gasteiger partial charge in [-0.15, -0.1) is 0 Å². The molecule has 0 aromatic heterocycles. The number of alkyl halides is 2. The van der Waals surface area contributed by atoms with E-state index in [0.717, 1.165) is 0 Å². The number of hydrogen-bond acceptors (Lipinski definition) is 2. The first-order chi connectivity index (χ1) is 3.92. The zero-order valence-electron chi connectivity index (χ0n) is 4.42. The van der Waals surface area contributed by atoms with E-state index in [1.54, 1.807) is 0 Å². The summed E-state index contributed by atoms with van der Waals surface area (Å²) < 4.78 is 49.8. The molecule has 0 heterocycles. The third-order valence-electron chi connectivity index (χ3n) is 0.594. The number of halogens is 2. The molecule has 0 fully saturated rings. The van der Waals surface area contributed by atoms with E-state index in [-0.39, 0.29) is 0 Å². The molecule has 0 rings (SSSR count). The van der Waals surface area contributed by atoms with E-state index >= 15 is 0 Å². The van der Waals surface area contributed by atoms with E-state index < -0.39 is 28.7 Å². The lowest BCUT2D eigenvalue weighted by molar-refractivity contribution is 0.144. The molecule has 3 nitrogen and oxygen atoms in total. The highest BCUT2D eigenvalue weighted by Gasteiger charge is 2.09. The van der Waals surface area contributed by atoms with Gasteiger partial charge in [0, 0.05) is 6.42 Å². The smallest absolute Gasteiger partial charge is 0.265 e. The van der Waals surface area contributed by atoms with Crippen molar-refractivity contribution in [3.63, 3.8) is 0 Å². The lowest BCUT2D eigenvalue weighted by atomic mass is 10.5. The van der Waals surface area contributed by atoms with Gasteiger partial charge in [0.15, 0.2) is 0 Å². The van der Waals surface area contributed by atoms with Gasteiger partial charge < -0.3 is 0 Å². The van der Waals surface area contributed by atoms with Gasteiger partial charge in [-0.3, -0.25) is 4.55 Å². The van der Waals surface area contributed by atoms with Gasteiger partial charge in [0.2, 0.25) is 6.43 Å². The van der Waals surface area contributed by atoms with Crippen LogP contribution in [0.5, 0.6) is 0 Å². The summed E-state index contributed by atoms with van der Waals surface area (Å²) in [6.45, 7) is 0. The summed E-state index contributed by atoms with van der Waals surface area (Å²) >= 11 is 0. The maximum atomic E-state index is 11.2. The van der Waals surface area contributed by atoms with Gasteiger partial charge in [0.05, 0.1) is 5.75 Å². The molecule has 0 unspecified atom stereocenters. The van der Waals surface area contributed by atoms with Crippen LogP contribution >= 0.6 is 0 Å². The Bertz CT molecular complexity index is 162. The van der Waals surface area contributed by atoms with Gasteiger partial charge in [-0.2, -0.15) is 8.42 Å².